The highest BCUT2D eigenvalue weighted by atomic mass is 79.9. The van der Waals surface area contributed by atoms with Crippen LogP contribution in [0.25, 0.3) is 0 Å². The van der Waals surface area contributed by atoms with E-state index in [1.54, 1.807) is 11.6 Å². The van der Waals surface area contributed by atoms with Crippen LogP contribution in [-0.4, -0.2) is 42.7 Å². The molecule has 1 fully saturated rings. The average Bonchev–Trinajstić information content (AvgIpc) is 3.94. The number of nitrogens with one attached hydrogen (secondary N) is 1. The number of hydrogen-bond acceptors (Lipinski definition) is 6. The highest BCUT2D eigenvalue weighted by Crippen LogP contribution is 2.44. The summed E-state index contributed by atoms with van der Waals surface area (Å²) in [5, 5.41) is 9.54. The molecule has 53 heavy (non-hydrogen) atoms. The van der Waals surface area contributed by atoms with Crippen LogP contribution < -0.4 is 14.4 Å². The van der Waals surface area contributed by atoms with E-state index in [9.17, 15) is 31.9 Å². The smallest absolute Gasteiger partial charge is 0.335 e. The number of carboxylic acids is 1. The molecule has 0 bridgehead atoms. The molecule has 1 aromatic heterocycles. The first-order valence-corrected chi connectivity index (χ1v) is 19.3. The van der Waals surface area contributed by atoms with Crippen LogP contribution in [0.1, 0.15) is 89.5 Å². The quantitative estimate of drug-likeness (QED) is 0.0596. The Morgan fingerprint density at radius 3 is 2.34 bits per heavy atom. The number of pyridine rings is 1. The fourth-order valence-corrected chi connectivity index (χ4v) is 7.95. The lowest BCUT2D eigenvalue weighted by Gasteiger charge is -2.27. The second kappa shape index (κ2) is 15.6. The Morgan fingerprint density at radius 2 is 1.74 bits per heavy atom. The van der Waals surface area contributed by atoms with Crippen molar-refractivity contribution in [3.63, 3.8) is 0 Å². The van der Waals surface area contributed by atoms with E-state index in [0.29, 0.717) is 11.5 Å². The van der Waals surface area contributed by atoms with Crippen molar-refractivity contribution >= 4 is 60.8 Å². The molecule has 3 aromatic carbocycles. The van der Waals surface area contributed by atoms with Gasteiger partial charge in [-0.1, -0.05) is 66.5 Å². The highest BCUT2D eigenvalue weighted by molar-refractivity contribution is 9.09. The first-order chi connectivity index (χ1) is 24.8. The maximum atomic E-state index is 15.4. The molecule has 1 aliphatic rings. The number of benzene rings is 3. The average molecular weight is 841 g/mol. The molecule has 5 rings (SSSR count). The van der Waals surface area contributed by atoms with E-state index in [-0.39, 0.29) is 46.2 Å². The second-order valence-electron chi connectivity index (χ2n) is 13.6. The maximum absolute atomic E-state index is 15.4. The Hall–Kier alpha value is -4.21. The summed E-state index contributed by atoms with van der Waals surface area (Å²) in [4.78, 5) is 29.4. The molecule has 1 unspecified atom stereocenters. The van der Waals surface area contributed by atoms with Gasteiger partial charge >= 0.3 is 5.97 Å². The van der Waals surface area contributed by atoms with Crippen molar-refractivity contribution in [2.24, 2.45) is 0 Å². The number of sulfonamides is 1. The van der Waals surface area contributed by atoms with Gasteiger partial charge in [0.15, 0.2) is 23.3 Å². The van der Waals surface area contributed by atoms with Crippen molar-refractivity contribution in [2.45, 2.75) is 63.2 Å². The van der Waals surface area contributed by atoms with Gasteiger partial charge in [-0.25, -0.2) is 30.8 Å². The number of alkyl halides is 1. The van der Waals surface area contributed by atoms with Crippen LogP contribution in [0.2, 0.25) is 5.02 Å². The van der Waals surface area contributed by atoms with Crippen LogP contribution in [0.5, 0.6) is 5.75 Å². The van der Waals surface area contributed by atoms with E-state index in [0.717, 1.165) is 35.1 Å². The molecule has 1 atom stereocenters. The summed E-state index contributed by atoms with van der Waals surface area (Å²) < 4.78 is 94.9. The molecule has 1 aliphatic carbocycles. The van der Waals surface area contributed by atoms with Crippen LogP contribution in [0.3, 0.4) is 0 Å². The van der Waals surface area contributed by atoms with Gasteiger partial charge in [-0.15, -0.1) is 0 Å². The zero-order valence-corrected chi connectivity index (χ0v) is 32.1. The van der Waals surface area contributed by atoms with Crippen molar-refractivity contribution in [2.75, 3.05) is 22.0 Å². The van der Waals surface area contributed by atoms with E-state index in [4.69, 9.17) is 16.3 Å². The number of ether oxygens (including phenoxy) is 1. The number of carbonyl (C=O) groups is 2. The zero-order valence-electron chi connectivity index (χ0n) is 28.9. The standard InChI is InChI=1S/C37H35BrClF4N3O6S/c1-5-52-27-15-21(36(48)49)8-9-26(27)46(17-19-12-22(20-6-7-20)14-23(13-19)37(2,3)4)28(47)18-53(50,51)45-35-29(31(40)32(41)33(42)34(35)43)30(38)24-10-11-44-16-25(24)39/h8-16,20,30,45H,5-7,17-18H2,1-4H3,(H,48,49). The molecule has 4 aromatic rings. The van der Waals surface area contributed by atoms with Crippen molar-refractivity contribution in [1.82, 2.24) is 4.98 Å². The Balaban J connectivity index is 1.59. The fourth-order valence-electron chi connectivity index (χ4n) is 5.69. The summed E-state index contributed by atoms with van der Waals surface area (Å²) in [7, 11) is -5.02. The van der Waals surface area contributed by atoms with E-state index < -0.39 is 67.0 Å². The highest BCUT2D eigenvalue weighted by Gasteiger charge is 2.35. The summed E-state index contributed by atoms with van der Waals surface area (Å²) in [6, 6.07) is 10.9. The van der Waals surface area contributed by atoms with Crippen LogP contribution in [0, 0.1) is 23.3 Å². The predicted molar refractivity (Wildman–Crippen MR) is 197 cm³/mol. The van der Waals surface area contributed by atoms with E-state index in [1.165, 1.54) is 30.5 Å². The van der Waals surface area contributed by atoms with E-state index in [2.05, 4.69) is 27.0 Å². The first kappa shape index (κ1) is 40.0. The summed E-state index contributed by atoms with van der Waals surface area (Å²) in [5.41, 5.74) is -0.0257. The van der Waals surface area contributed by atoms with Crippen LogP contribution in [0.15, 0.2) is 54.9 Å². The summed E-state index contributed by atoms with van der Waals surface area (Å²) >= 11 is 9.26. The normalized spacial score (nSPS) is 13.8. The molecule has 1 heterocycles. The number of carboxylic acid groups (broad SMARTS) is 1. The van der Waals surface area contributed by atoms with Gasteiger partial charge in [0.05, 0.1) is 39.9 Å². The first-order valence-electron chi connectivity index (χ1n) is 16.4. The van der Waals surface area contributed by atoms with Crippen molar-refractivity contribution in [3.8, 4) is 5.75 Å². The molecular weight excluding hydrogens is 806 g/mol. The minimum Gasteiger partial charge on any atom is -0.492 e. The molecule has 2 N–H and O–H groups in total. The lowest BCUT2D eigenvalue weighted by Crippen LogP contribution is -2.38. The number of aromatic carboxylic acids is 1. The number of rotatable bonds is 13. The molecule has 282 valence electrons. The summed E-state index contributed by atoms with van der Waals surface area (Å²) in [5.74, 6) is -11.9. The summed E-state index contributed by atoms with van der Waals surface area (Å²) in [6.45, 7) is 7.56. The van der Waals surface area contributed by atoms with Crippen LogP contribution >= 0.6 is 27.5 Å². The minimum atomic E-state index is -5.02. The number of amides is 1. The lowest BCUT2D eigenvalue weighted by molar-refractivity contribution is -0.116. The molecule has 0 aliphatic heterocycles. The van der Waals surface area contributed by atoms with Crippen LogP contribution in [-0.2, 0) is 26.8 Å². The third-order valence-corrected chi connectivity index (χ3v) is 11.0. The Kier molecular flexibility index (Phi) is 11.8. The topological polar surface area (TPSA) is 126 Å². The molecule has 0 spiro atoms. The van der Waals surface area contributed by atoms with E-state index >= 15 is 8.78 Å². The van der Waals surface area contributed by atoms with Gasteiger partial charge in [-0.2, -0.15) is 0 Å². The van der Waals surface area contributed by atoms with Crippen LogP contribution in [0.4, 0.5) is 28.9 Å². The van der Waals surface area contributed by atoms with Crippen molar-refractivity contribution in [3.05, 3.63) is 117 Å². The van der Waals surface area contributed by atoms with Gasteiger partial charge in [-0.3, -0.25) is 14.5 Å². The summed E-state index contributed by atoms with van der Waals surface area (Å²) in [6.07, 6.45) is 4.36. The predicted octanol–water partition coefficient (Wildman–Crippen LogP) is 9.02. The molecular formula is C37H35BrClF4N3O6S. The van der Waals surface area contributed by atoms with Gasteiger partial charge in [0.25, 0.3) is 0 Å². The molecule has 0 radical (unpaired) electrons. The number of carbonyl (C=O) groups excluding carboxylic acids is 1. The van der Waals surface area contributed by atoms with Gasteiger partial charge in [-0.05, 0) is 77.6 Å². The third-order valence-electron chi connectivity index (χ3n) is 8.57. The lowest BCUT2D eigenvalue weighted by atomic mass is 9.84. The number of hydrogen-bond donors (Lipinski definition) is 2. The molecule has 1 saturated carbocycles. The van der Waals surface area contributed by atoms with Crippen molar-refractivity contribution < 1.29 is 45.4 Å². The van der Waals surface area contributed by atoms with Crippen molar-refractivity contribution in [1.29, 1.82) is 0 Å². The number of nitrogens with zero attached hydrogens (tertiary/aromatic N) is 2. The second-order valence-corrected chi connectivity index (χ2v) is 16.6. The third kappa shape index (κ3) is 8.95. The monoisotopic (exact) mass is 839 g/mol. The van der Waals surface area contributed by atoms with Gasteiger partial charge in [0.1, 0.15) is 11.5 Å². The minimum absolute atomic E-state index is 0.0185. The molecule has 9 nitrogen and oxygen atoms in total. The number of halogens is 6. The number of anilines is 2. The molecule has 0 saturated heterocycles. The number of aromatic nitrogens is 1. The Labute approximate surface area is 317 Å². The largest absolute Gasteiger partial charge is 0.492 e. The fraction of sp³-hybridized carbons (Fsp3) is 0.324. The maximum Gasteiger partial charge on any atom is 0.335 e. The zero-order chi connectivity index (χ0) is 39.0. The molecule has 1 amide bonds. The van der Waals surface area contributed by atoms with Gasteiger partial charge in [0, 0.05) is 18.0 Å². The van der Waals surface area contributed by atoms with Gasteiger partial charge in [0.2, 0.25) is 15.9 Å². The Bertz CT molecular complexity index is 2200. The van der Waals surface area contributed by atoms with E-state index in [1.807, 2.05) is 32.9 Å². The molecule has 16 heteroatoms. The SMILES string of the molecule is CCOc1cc(C(=O)O)ccc1N(Cc1cc(C2CC2)cc(C(C)(C)C)c1)C(=O)CS(=O)(=O)Nc1c(F)c(F)c(F)c(F)c1C(Br)c1ccncc1Cl. The Morgan fingerprint density at radius 1 is 1.06 bits per heavy atom. The van der Waals surface area contributed by atoms with Gasteiger partial charge < -0.3 is 14.7 Å².